The molecule has 2 aromatic carbocycles. The zero-order chi connectivity index (χ0) is 18.0. The lowest BCUT2D eigenvalue weighted by Crippen LogP contribution is -2.27. The molecule has 1 heterocycles. The van der Waals surface area contributed by atoms with E-state index in [0.717, 1.165) is 5.69 Å². The molecular formula is C21H23NO3. The van der Waals surface area contributed by atoms with Crippen LogP contribution in [0.4, 0.5) is 5.69 Å². The number of amides is 1. The smallest absolute Gasteiger partial charge is 0.316 e. The number of hydrogen-bond acceptors (Lipinski definition) is 3. The van der Waals surface area contributed by atoms with E-state index in [1.165, 1.54) is 5.56 Å². The summed E-state index contributed by atoms with van der Waals surface area (Å²) >= 11 is 0. The lowest BCUT2D eigenvalue weighted by Gasteiger charge is -2.19. The number of hydrogen-bond donors (Lipinski definition) is 0. The maximum Gasteiger partial charge on any atom is 0.316 e. The summed E-state index contributed by atoms with van der Waals surface area (Å²) in [7, 11) is 0. The molecule has 0 N–H and O–H groups in total. The number of carbonyl (C=O) groups excluding carboxylic acids is 2. The number of ether oxygens (including phenoxy) is 1. The van der Waals surface area contributed by atoms with Crippen LogP contribution < -0.4 is 9.64 Å². The molecular weight excluding hydrogens is 314 g/mol. The average molecular weight is 337 g/mol. The van der Waals surface area contributed by atoms with Crippen LogP contribution in [-0.4, -0.2) is 18.4 Å². The minimum absolute atomic E-state index is 0.0452. The third-order valence-corrected chi connectivity index (χ3v) is 4.47. The summed E-state index contributed by atoms with van der Waals surface area (Å²) in [6, 6.07) is 17.0. The van der Waals surface area contributed by atoms with E-state index in [1.807, 2.05) is 54.6 Å². The average Bonchev–Trinajstić information content (AvgIpc) is 2.97. The van der Waals surface area contributed by atoms with Gasteiger partial charge < -0.3 is 9.64 Å². The molecule has 1 amide bonds. The molecule has 0 unspecified atom stereocenters. The molecule has 0 bridgehead atoms. The lowest BCUT2D eigenvalue weighted by atomic mass is 9.87. The number of para-hydroxylation sites is 1. The molecule has 130 valence electrons. The van der Waals surface area contributed by atoms with Gasteiger partial charge in [-0.3, -0.25) is 9.59 Å². The molecule has 1 aliphatic rings. The van der Waals surface area contributed by atoms with Gasteiger partial charge in [0.25, 0.3) is 0 Å². The standard InChI is InChI=1S/C21H23NO3/c1-21(2,3)16-9-11-18(12-10-16)25-20(24)15-13-19(23)22(14-15)17-7-5-4-6-8-17/h4-12,15H,13-14H2,1-3H3/t15-/m1/s1. The molecule has 3 rings (SSSR count). The molecule has 0 radical (unpaired) electrons. The third-order valence-electron chi connectivity index (χ3n) is 4.47. The van der Waals surface area contributed by atoms with Gasteiger partial charge in [-0.25, -0.2) is 0 Å². The minimum atomic E-state index is -0.435. The minimum Gasteiger partial charge on any atom is -0.426 e. The predicted molar refractivity (Wildman–Crippen MR) is 97.7 cm³/mol. The van der Waals surface area contributed by atoms with Crippen molar-refractivity contribution in [1.82, 2.24) is 0 Å². The normalized spacial score (nSPS) is 17.6. The maximum atomic E-state index is 12.4. The lowest BCUT2D eigenvalue weighted by molar-refractivity contribution is -0.139. The van der Waals surface area contributed by atoms with E-state index in [9.17, 15) is 9.59 Å². The highest BCUT2D eigenvalue weighted by atomic mass is 16.5. The van der Waals surface area contributed by atoms with E-state index < -0.39 is 5.92 Å². The van der Waals surface area contributed by atoms with Crippen LogP contribution in [0.3, 0.4) is 0 Å². The molecule has 2 aromatic rings. The molecule has 1 atom stereocenters. The highest BCUT2D eigenvalue weighted by molar-refractivity contribution is 5.99. The van der Waals surface area contributed by atoms with Crippen LogP contribution in [0.1, 0.15) is 32.8 Å². The Morgan fingerprint density at radius 2 is 1.68 bits per heavy atom. The number of nitrogens with zero attached hydrogens (tertiary/aromatic N) is 1. The van der Waals surface area contributed by atoms with E-state index >= 15 is 0 Å². The van der Waals surface area contributed by atoms with Crippen molar-refractivity contribution in [3.05, 3.63) is 60.2 Å². The highest BCUT2D eigenvalue weighted by Gasteiger charge is 2.36. The first-order valence-corrected chi connectivity index (χ1v) is 8.52. The van der Waals surface area contributed by atoms with Crippen LogP contribution >= 0.6 is 0 Å². The van der Waals surface area contributed by atoms with Crippen LogP contribution in [0.25, 0.3) is 0 Å². The Balaban J connectivity index is 1.65. The highest BCUT2D eigenvalue weighted by Crippen LogP contribution is 2.27. The van der Waals surface area contributed by atoms with Crippen molar-refractivity contribution in [2.24, 2.45) is 5.92 Å². The molecule has 0 spiro atoms. The Morgan fingerprint density at radius 3 is 2.28 bits per heavy atom. The van der Waals surface area contributed by atoms with Crippen LogP contribution in [0.15, 0.2) is 54.6 Å². The second-order valence-corrected chi connectivity index (χ2v) is 7.44. The van der Waals surface area contributed by atoms with E-state index in [1.54, 1.807) is 4.90 Å². The molecule has 0 aromatic heterocycles. The first-order valence-electron chi connectivity index (χ1n) is 8.52. The van der Waals surface area contributed by atoms with Gasteiger partial charge in [0.15, 0.2) is 0 Å². The largest absolute Gasteiger partial charge is 0.426 e. The van der Waals surface area contributed by atoms with Crippen molar-refractivity contribution < 1.29 is 14.3 Å². The summed E-state index contributed by atoms with van der Waals surface area (Å²) in [5, 5.41) is 0. The van der Waals surface area contributed by atoms with Crippen molar-refractivity contribution in [2.75, 3.05) is 11.4 Å². The molecule has 0 aliphatic carbocycles. The Bertz CT molecular complexity index is 760. The van der Waals surface area contributed by atoms with Crippen molar-refractivity contribution >= 4 is 17.6 Å². The number of benzene rings is 2. The summed E-state index contributed by atoms with van der Waals surface area (Å²) in [4.78, 5) is 26.3. The summed E-state index contributed by atoms with van der Waals surface area (Å²) < 4.78 is 5.48. The summed E-state index contributed by atoms with van der Waals surface area (Å²) in [6.45, 7) is 6.77. The third kappa shape index (κ3) is 3.90. The Hall–Kier alpha value is -2.62. The van der Waals surface area contributed by atoms with Crippen molar-refractivity contribution in [1.29, 1.82) is 0 Å². The van der Waals surface area contributed by atoms with Gasteiger partial charge in [0.05, 0.1) is 5.92 Å². The Kier molecular flexibility index (Phi) is 4.62. The zero-order valence-electron chi connectivity index (χ0n) is 14.9. The van der Waals surface area contributed by atoms with Crippen molar-refractivity contribution in [3.8, 4) is 5.75 Å². The molecule has 0 saturated carbocycles. The van der Waals surface area contributed by atoms with E-state index in [4.69, 9.17) is 4.74 Å². The second-order valence-electron chi connectivity index (χ2n) is 7.44. The van der Waals surface area contributed by atoms with Gasteiger partial charge in [-0.1, -0.05) is 51.1 Å². The van der Waals surface area contributed by atoms with Crippen molar-refractivity contribution in [2.45, 2.75) is 32.6 Å². The van der Waals surface area contributed by atoms with Crippen LogP contribution in [0.2, 0.25) is 0 Å². The van der Waals surface area contributed by atoms with Crippen LogP contribution in [0.5, 0.6) is 5.75 Å². The van der Waals surface area contributed by atoms with Gasteiger partial charge in [0.1, 0.15) is 5.75 Å². The Morgan fingerprint density at radius 1 is 1.04 bits per heavy atom. The monoisotopic (exact) mass is 337 g/mol. The fraction of sp³-hybridized carbons (Fsp3) is 0.333. The molecule has 25 heavy (non-hydrogen) atoms. The molecule has 1 fully saturated rings. The number of esters is 1. The van der Waals surface area contributed by atoms with Gasteiger partial charge in [0, 0.05) is 18.7 Å². The first kappa shape index (κ1) is 17.2. The van der Waals surface area contributed by atoms with Crippen molar-refractivity contribution in [3.63, 3.8) is 0 Å². The summed E-state index contributed by atoms with van der Waals surface area (Å²) in [5.74, 6) is -0.315. The van der Waals surface area contributed by atoms with E-state index in [2.05, 4.69) is 20.8 Å². The zero-order valence-corrected chi connectivity index (χ0v) is 14.9. The van der Waals surface area contributed by atoms with E-state index in [-0.39, 0.29) is 23.7 Å². The van der Waals surface area contributed by atoms with Gasteiger partial charge in [-0.2, -0.15) is 0 Å². The quantitative estimate of drug-likeness (QED) is 0.629. The Labute approximate surface area is 148 Å². The molecule has 1 aliphatic heterocycles. The number of anilines is 1. The van der Waals surface area contributed by atoms with Gasteiger partial charge in [-0.05, 0) is 35.2 Å². The fourth-order valence-corrected chi connectivity index (χ4v) is 2.95. The predicted octanol–water partition coefficient (Wildman–Crippen LogP) is 3.94. The van der Waals surface area contributed by atoms with E-state index in [0.29, 0.717) is 12.3 Å². The molecule has 4 heteroatoms. The maximum absolute atomic E-state index is 12.4. The molecule has 1 saturated heterocycles. The second kappa shape index (κ2) is 6.71. The van der Waals surface area contributed by atoms with Crippen LogP contribution in [-0.2, 0) is 15.0 Å². The SMILES string of the molecule is CC(C)(C)c1ccc(OC(=O)[C@@H]2CC(=O)N(c3ccccc3)C2)cc1. The van der Waals surface area contributed by atoms with Gasteiger partial charge >= 0.3 is 5.97 Å². The summed E-state index contributed by atoms with van der Waals surface area (Å²) in [5.41, 5.74) is 2.05. The van der Waals surface area contributed by atoms with Gasteiger partial charge in [0.2, 0.25) is 5.91 Å². The summed E-state index contributed by atoms with van der Waals surface area (Å²) in [6.07, 6.45) is 0.188. The van der Waals surface area contributed by atoms with Crippen LogP contribution in [0, 0.1) is 5.92 Å². The fourth-order valence-electron chi connectivity index (χ4n) is 2.95. The first-order chi connectivity index (χ1) is 11.8. The van der Waals surface area contributed by atoms with Gasteiger partial charge in [-0.15, -0.1) is 0 Å². The number of rotatable bonds is 3. The topological polar surface area (TPSA) is 46.6 Å². The number of carbonyl (C=O) groups is 2. The molecule has 4 nitrogen and oxygen atoms in total.